The van der Waals surface area contributed by atoms with E-state index in [1.54, 1.807) is 0 Å². The van der Waals surface area contributed by atoms with Crippen molar-refractivity contribution in [3.8, 4) is 5.75 Å². The van der Waals surface area contributed by atoms with E-state index in [1.165, 1.54) is 24.3 Å². The van der Waals surface area contributed by atoms with Crippen molar-refractivity contribution in [2.45, 2.75) is 13.0 Å². The summed E-state index contributed by atoms with van der Waals surface area (Å²) in [5.74, 6) is -0.933. The predicted octanol–water partition coefficient (Wildman–Crippen LogP) is 3.03. The minimum Gasteiger partial charge on any atom is -0.434 e. The normalized spacial score (nSPS) is 11.0. The first kappa shape index (κ1) is 12.3. The zero-order valence-corrected chi connectivity index (χ0v) is 8.20. The van der Waals surface area contributed by atoms with Gasteiger partial charge in [0.1, 0.15) is 17.9 Å². The number of hydrogen-bond acceptors (Lipinski definition) is 2. The summed E-state index contributed by atoms with van der Waals surface area (Å²) in [5, 5.41) is 0. The largest absolute Gasteiger partial charge is 0.434 e. The second-order valence-corrected chi connectivity index (χ2v) is 2.83. The number of ether oxygens (including phenoxy) is 1. The van der Waals surface area contributed by atoms with Gasteiger partial charge in [0.05, 0.1) is 5.56 Å². The fourth-order valence-electron chi connectivity index (χ4n) is 1.12. The Morgan fingerprint density at radius 2 is 2.12 bits per heavy atom. The first-order chi connectivity index (χ1) is 7.65. The fourth-order valence-corrected chi connectivity index (χ4v) is 1.12. The summed E-state index contributed by atoms with van der Waals surface area (Å²) in [7, 11) is 0. The number of alkyl halides is 2. The van der Waals surface area contributed by atoms with Gasteiger partial charge in [0, 0.05) is 6.42 Å². The lowest BCUT2D eigenvalue weighted by molar-refractivity contribution is -0.107. The molecular formula is C11H9F3O2. The van der Waals surface area contributed by atoms with Crippen LogP contribution < -0.4 is 4.74 Å². The average Bonchev–Trinajstić information content (AvgIpc) is 2.21. The Labute approximate surface area is 90.3 Å². The molecule has 1 rings (SSSR count). The standard InChI is InChI=1S/C11H9F3O2/c12-9-5-3-6-10(16-11(13)14)8(9)4-1-2-7-15/h1,3-7,11H,2H2. The molecule has 0 saturated carbocycles. The molecule has 2 nitrogen and oxygen atoms in total. The molecule has 0 aliphatic rings. The second kappa shape index (κ2) is 5.95. The maximum Gasteiger partial charge on any atom is 0.387 e. The van der Waals surface area contributed by atoms with E-state index in [2.05, 4.69) is 4.74 Å². The number of carbonyl (C=O) groups is 1. The molecule has 1 aromatic carbocycles. The number of allylic oxidation sites excluding steroid dienone is 1. The van der Waals surface area contributed by atoms with Gasteiger partial charge in [-0.2, -0.15) is 8.78 Å². The zero-order valence-electron chi connectivity index (χ0n) is 8.20. The number of hydrogen-bond donors (Lipinski definition) is 0. The quantitative estimate of drug-likeness (QED) is 0.727. The van der Waals surface area contributed by atoms with Gasteiger partial charge in [-0.1, -0.05) is 18.2 Å². The van der Waals surface area contributed by atoms with Crippen molar-refractivity contribution in [2.24, 2.45) is 0 Å². The summed E-state index contributed by atoms with van der Waals surface area (Å²) in [4.78, 5) is 10.0. The number of aldehydes is 1. The fraction of sp³-hybridized carbons (Fsp3) is 0.182. The van der Waals surface area contributed by atoms with Crippen molar-refractivity contribution < 1.29 is 22.7 Å². The van der Waals surface area contributed by atoms with Crippen LogP contribution in [-0.4, -0.2) is 12.9 Å². The number of carbonyl (C=O) groups excluding carboxylic acids is 1. The monoisotopic (exact) mass is 230 g/mol. The van der Waals surface area contributed by atoms with E-state index in [0.29, 0.717) is 6.29 Å². The van der Waals surface area contributed by atoms with Crippen LogP contribution in [0.15, 0.2) is 24.3 Å². The molecule has 0 aliphatic heterocycles. The molecule has 0 spiro atoms. The summed E-state index contributed by atoms with van der Waals surface area (Å²) in [5.41, 5.74) is -0.0929. The number of halogens is 3. The summed E-state index contributed by atoms with van der Waals surface area (Å²) in [6.45, 7) is -3.01. The van der Waals surface area contributed by atoms with E-state index in [1.807, 2.05) is 0 Å². The molecule has 0 N–H and O–H groups in total. The first-order valence-electron chi connectivity index (χ1n) is 4.48. The highest BCUT2D eigenvalue weighted by molar-refractivity contribution is 5.61. The van der Waals surface area contributed by atoms with Crippen LogP contribution in [0.2, 0.25) is 0 Å². The lowest BCUT2D eigenvalue weighted by Gasteiger charge is -2.08. The van der Waals surface area contributed by atoms with Gasteiger partial charge in [-0.05, 0) is 12.1 Å². The van der Waals surface area contributed by atoms with E-state index < -0.39 is 12.4 Å². The molecule has 0 aromatic heterocycles. The van der Waals surface area contributed by atoms with Crippen LogP contribution in [-0.2, 0) is 4.79 Å². The van der Waals surface area contributed by atoms with Crippen LogP contribution in [0.3, 0.4) is 0 Å². The Morgan fingerprint density at radius 3 is 2.75 bits per heavy atom. The first-order valence-corrected chi connectivity index (χ1v) is 4.48. The summed E-state index contributed by atoms with van der Waals surface area (Å²) in [6.07, 6.45) is 3.30. The van der Waals surface area contributed by atoms with Crippen molar-refractivity contribution in [2.75, 3.05) is 0 Å². The SMILES string of the molecule is O=CCC=Cc1c(F)cccc1OC(F)F. The Bertz CT molecular complexity index is 389. The van der Waals surface area contributed by atoms with E-state index >= 15 is 0 Å². The molecule has 5 heteroatoms. The number of benzene rings is 1. The average molecular weight is 230 g/mol. The van der Waals surface area contributed by atoms with Crippen molar-refractivity contribution in [3.63, 3.8) is 0 Å². The second-order valence-electron chi connectivity index (χ2n) is 2.83. The highest BCUT2D eigenvalue weighted by atomic mass is 19.3. The molecule has 1 aromatic rings. The van der Waals surface area contributed by atoms with Gasteiger partial charge in [0.15, 0.2) is 0 Å². The zero-order chi connectivity index (χ0) is 12.0. The molecular weight excluding hydrogens is 221 g/mol. The van der Waals surface area contributed by atoms with Gasteiger partial charge >= 0.3 is 6.61 Å². The van der Waals surface area contributed by atoms with Gasteiger partial charge in [-0.25, -0.2) is 4.39 Å². The number of rotatable bonds is 5. The van der Waals surface area contributed by atoms with Gasteiger partial charge in [0.25, 0.3) is 0 Å². The Morgan fingerprint density at radius 1 is 1.38 bits per heavy atom. The van der Waals surface area contributed by atoms with E-state index in [-0.39, 0.29) is 17.7 Å². The van der Waals surface area contributed by atoms with Crippen molar-refractivity contribution in [1.82, 2.24) is 0 Å². The highest BCUT2D eigenvalue weighted by Gasteiger charge is 2.10. The topological polar surface area (TPSA) is 26.3 Å². The van der Waals surface area contributed by atoms with E-state index in [4.69, 9.17) is 0 Å². The summed E-state index contributed by atoms with van der Waals surface area (Å²) in [6, 6.07) is 3.62. The minimum absolute atomic E-state index is 0.0858. The van der Waals surface area contributed by atoms with Crippen LogP contribution in [0.1, 0.15) is 12.0 Å². The smallest absolute Gasteiger partial charge is 0.387 e. The molecule has 86 valence electrons. The Hall–Kier alpha value is -1.78. The minimum atomic E-state index is -3.01. The maximum atomic E-state index is 13.3. The van der Waals surface area contributed by atoms with Crippen molar-refractivity contribution >= 4 is 12.4 Å². The third kappa shape index (κ3) is 3.42. The van der Waals surface area contributed by atoms with E-state index in [0.717, 1.165) is 6.07 Å². The predicted molar refractivity (Wildman–Crippen MR) is 52.7 cm³/mol. The Kier molecular flexibility index (Phi) is 4.57. The molecule has 0 atom stereocenters. The van der Waals surface area contributed by atoms with Gasteiger partial charge < -0.3 is 9.53 Å². The van der Waals surface area contributed by atoms with Crippen molar-refractivity contribution in [3.05, 3.63) is 35.7 Å². The molecule has 0 unspecified atom stereocenters. The molecule has 0 radical (unpaired) electrons. The van der Waals surface area contributed by atoms with Crippen LogP contribution in [0, 0.1) is 5.82 Å². The third-order valence-corrected chi connectivity index (χ3v) is 1.75. The highest BCUT2D eigenvalue weighted by Crippen LogP contribution is 2.24. The lowest BCUT2D eigenvalue weighted by Crippen LogP contribution is -2.04. The summed E-state index contributed by atoms with van der Waals surface area (Å²) >= 11 is 0. The Balaban J connectivity index is 2.98. The molecule has 16 heavy (non-hydrogen) atoms. The van der Waals surface area contributed by atoms with Gasteiger partial charge in [0.2, 0.25) is 0 Å². The van der Waals surface area contributed by atoms with Crippen LogP contribution >= 0.6 is 0 Å². The van der Waals surface area contributed by atoms with Crippen LogP contribution in [0.4, 0.5) is 13.2 Å². The van der Waals surface area contributed by atoms with Gasteiger partial charge in [-0.15, -0.1) is 0 Å². The molecule has 0 heterocycles. The maximum absolute atomic E-state index is 13.3. The summed E-state index contributed by atoms with van der Waals surface area (Å²) < 4.78 is 41.4. The third-order valence-electron chi connectivity index (χ3n) is 1.75. The van der Waals surface area contributed by atoms with Crippen LogP contribution in [0.25, 0.3) is 6.08 Å². The lowest BCUT2D eigenvalue weighted by atomic mass is 10.1. The molecule has 0 aliphatic carbocycles. The van der Waals surface area contributed by atoms with Crippen LogP contribution in [0.5, 0.6) is 5.75 Å². The molecule has 0 fully saturated rings. The molecule has 0 bridgehead atoms. The van der Waals surface area contributed by atoms with Gasteiger partial charge in [-0.3, -0.25) is 0 Å². The molecule has 0 amide bonds. The van der Waals surface area contributed by atoms with Crippen molar-refractivity contribution in [1.29, 1.82) is 0 Å². The molecule has 0 saturated heterocycles. The van der Waals surface area contributed by atoms with E-state index in [9.17, 15) is 18.0 Å².